The predicted molar refractivity (Wildman–Crippen MR) is 83.1 cm³/mol. The number of amides is 1. The van der Waals surface area contributed by atoms with Crippen LogP contribution in [-0.2, 0) is 4.79 Å². The number of hydrogen-bond acceptors (Lipinski definition) is 3. The lowest BCUT2D eigenvalue weighted by molar-refractivity contribution is -0.116. The van der Waals surface area contributed by atoms with Gasteiger partial charge in [0.25, 0.3) is 0 Å². The van der Waals surface area contributed by atoms with Crippen LogP contribution >= 0.6 is 11.6 Å². The molecule has 1 aromatic carbocycles. The fourth-order valence-corrected chi connectivity index (χ4v) is 2.11. The number of halogens is 1. The van der Waals surface area contributed by atoms with Crippen molar-refractivity contribution < 1.29 is 9.90 Å². The standard InChI is InChI=1S/C15H23ClN2O2/c1-12(2)18(9-5-11-19)10-8-15(20)17-14-7-4-3-6-13(14)16/h3-4,6-7,12,19H,5,8-11H2,1-2H3,(H,17,20). The first-order chi connectivity index (χ1) is 9.54. The number of aliphatic hydroxyl groups excluding tert-OH is 1. The molecule has 0 aliphatic carbocycles. The number of carbonyl (C=O) groups is 1. The summed E-state index contributed by atoms with van der Waals surface area (Å²) in [4.78, 5) is 14.1. The van der Waals surface area contributed by atoms with Crippen LogP contribution in [0.4, 0.5) is 5.69 Å². The third kappa shape index (κ3) is 5.90. The molecule has 0 saturated carbocycles. The SMILES string of the molecule is CC(C)N(CCCO)CCC(=O)Nc1ccccc1Cl. The Morgan fingerprint density at radius 1 is 1.35 bits per heavy atom. The number of nitrogens with one attached hydrogen (secondary N) is 1. The van der Waals surface area contributed by atoms with Crippen LogP contribution in [0.3, 0.4) is 0 Å². The van der Waals surface area contributed by atoms with Crippen molar-refractivity contribution in [2.45, 2.75) is 32.7 Å². The van der Waals surface area contributed by atoms with Gasteiger partial charge in [0.15, 0.2) is 0 Å². The highest BCUT2D eigenvalue weighted by atomic mass is 35.5. The van der Waals surface area contributed by atoms with Crippen molar-refractivity contribution >= 4 is 23.2 Å². The normalized spacial score (nSPS) is 11.1. The minimum absolute atomic E-state index is 0.0484. The van der Waals surface area contributed by atoms with Gasteiger partial charge in [-0.05, 0) is 32.4 Å². The van der Waals surface area contributed by atoms with E-state index in [0.29, 0.717) is 29.7 Å². The second-order valence-corrected chi connectivity index (χ2v) is 5.39. The number of nitrogens with zero attached hydrogens (tertiary/aromatic N) is 1. The van der Waals surface area contributed by atoms with Crippen molar-refractivity contribution in [2.75, 3.05) is 25.0 Å². The molecular weight excluding hydrogens is 276 g/mol. The molecule has 20 heavy (non-hydrogen) atoms. The molecule has 0 aliphatic heterocycles. The molecular formula is C15H23ClN2O2. The van der Waals surface area contributed by atoms with E-state index in [1.54, 1.807) is 12.1 Å². The van der Waals surface area contributed by atoms with Gasteiger partial charge < -0.3 is 15.3 Å². The summed E-state index contributed by atoms with van der Waals surface area (Å²) in [6, 6.07) is 7.55. The summed E-state index contributed by atoms with van der Waals surface area (Å²) in [6.07, 6.45) is 1.14. The molecule has 5 heteroatoms. The van der Waals surface area contributed by atoms with E-state index in [2.05, 4.69) is 24.1 Å². The number of aliphatic hydroxyl groups is 1. The molecule has 0 bridgehead atoms. The molecule has 0 heterocycles. The van der Waals surface area contributed by atoms with Gasteiger partial charge in [-0.1, -0.05) is 23.7 Å². The molecule has 0 aliphatic rings. The summed E-state index contributed by atoms with van der Waals surface area (Å²) in [5, 5.41) is 12.2. The quantitative estimate of drug-likeness (QED) is 0.776. The Morgan fingerprint density at radius 2 is 2.05 bits per heavy atom. The fraction of sp³-hybridized carbons (Fsp3) is 0.533. The minimum atomic E-state index is -0.0484. The van der Waals surface area contributed by atoms with Gasteiger partial charge in [-0.2, -0.15) is 0 Å². The van der Waals surface area contributed by atoms with Crippen LogP contribution in [0.5, 0.6) is 0 Å². The molecule has 1 rings (SSSR count). The minimum Gasteiger partial charge on any atom is -0.396 e. The van der Waals surface area contributed by atoms with E-state index in [4.69, 9.17) is 16.7 Å². The lowest BCUT2D eigenvalue weighted by atomic mass is 10.2. The first-order valence-corrected chi connectivity index (χ1v) is 7.31. The van der Waals surface area contributed by atoms with Gasteiger partial charge in [0.2, 0.25) is 5.91 Å². The zero-order chi connectivity index (χ0) is 15.0. The highest BCUT2D eigenvalue weighted by Crippen LogP contribution is 2.20. The molecule has 2 N–H and O–H groups in total. The number of carbonyl (C=O) groups excluding carboxylic acids is 1. The van der Waals surface area contributed by atoms with Crippen molar-refractivity contribution in [1.82, 2.24) is 4.90 Å². The van der Waals surface area contributed by atoms with Crippen LogP contribution in [0.25, 0.3) is 0 Å². The zero-order valence-corrected chi connectivity index (χ0v) is 12.9. The number of para-hydroxylation sites is 1. The highest BCUT2D eigenvalue weighted by Gasteiger charge is 2.12. The third-order valence-corrected chi connectivity index (χ3v) is 3.44. The number of anilines is 1. The van der Waals surface area contributed by atoms with E-state index < -0.39 is 0 Å². The van der Waals surface area contributed by atoms with Crippen molar-refractivity contribution in [1.29, 1.82) is 0 Å². The van der Waals surface area contributed by atoms with Crippen LogP contribution in [-0.4, -0.2) is 41.7 Å². The second kappa shape index (κ2) is 8.95. The Labute approximate surface area is 125 Å². The van der Waals surface area contributed by atoms with Crippen molar-refractivity contribution in [3.8, 4) is 0 Å². The molecule has 1 amide bonds. The molecule has 0 radical (unpaired) electrons. The Bertz CT molecular complexity index is 424. The van der Waals surface area contributed by atoms with E-state index in [0.717, 1.165) is 13.0 Å². The van der Waals surface area contributed by atoms with E-state index in [1.165, 1.54) is 0 Å². The maximum Gasteiger partial charge on any atom is 0.225 e. The first-order valence-electron chi connectivity index (χ1n) is 6.94. The van der Waals surface area contributed by atoms with E-state index in [9.17, 15) is 4.79 Å². The molecule has 0 fully saturated rings. The van der Waals surface area contributed by atoms with Crippen LogP contribution < -0.4 is 5.32 Å². The zero-order valence-electron chi connectivity index (χ0n) is 12.1. The Hall–Kier alpha value is -1.10. The molecule has 112 valence electrons. The Balaban J connectivity index is 2.43. The summed E-state index contributed by atoms with van der Waals surface area (Å²) in [6.45, 7) is 5.82. The van der Waals surface area contributed by atoms with Crippen molar-refractivity contribution in [2.24, 2.45) is 0 Å². The van der Waals surface area contributed by atoms with E-state index in [-0.39, 0.29) is 12.5 Å². The molecule has 0 atom stereocenters. The van der Waals surface area contributed by atoms with E-state index >= 15 is 0 Å². The maximum atomic E-state index is 11.9. The molecule has 0 unspecified atom stereocenters. The van der Waals surface area contributed by atoms with Crippen molar-refractivity contribution in [3.63, 3.8) is 0 Å². The molecule has 1 aromatic rings. The van der Waals surface area contributed by atoms with Gasteiger partial charge in [0, 0.05) is 32.2 Å². The highest BCUT2D eigenvalue weighted by molar-refractivity contribution is 6.33. The Kier molecular flexibility index (Phi) is 7.59. The van der Waals surface area contributed by atoms with Crippen LogP contribution in [0.15, 0.2) is 24.3 Å². The van der Waals surface area contributed by atoms with Crippen LogP contribution in [0, 0.1) is 0 Å². The topological polar surface area (TPSA) is 52.6 Å². The van der Waals surface area contributed by atoms with E-state index in [1.807, 2.05) is 12.1 Å². The fourth-order valence-electron chi connectivity index (χ4n) is 1.92. The lowest BCUT2D eigenvalue weighted by Gasteiger charge is -2.25. The third-order valence-electron chi connectivity index (χ3n) is 3.11. The summed E-state index contributed by atoms with van der Waals surface area (Å²) < 4.78 is 0. The molecule has 0 spiro atoms. The van der Waals surface area contributed by atoms with Gasteiger partial charge >= 0.3 is 0 Å². The van der Waals surface area contributed by atoms with Gasteiger partial charge in [-0.15, -0.1) is 0 Å². The largest absolute Gasteiger partial charge is 0.396 e. The summed E-state index contributed by atoms with van der Waals surface area (Å²) in [5.74, 6) is -0.0484. The number of rotatable bonds is 8. The average molecular weight is 299 g/mol. The predicted octanol–water partition coefficient (Wildman–Crippen LogP) is 2.76. The number of benzene rings is 1. The van der Waals surface area contributed by atoms with Crippen LogP contribution in [0.1, 0.15) is 26.7 Å². The van der Waals surface area contributed by atoms with Crippen molar-refractivity contribution in [3.05, 3.63) is 29.3 Å². The van der Waals surface area contributed by atoms with Gasteiger partial charge in [0.1, 0.15) is 0 Å². The smallest absolute Gasteiger partial charge is 0.225 e. The average Bonchev–Trinajstić information content (AvgIpc) is 2.41. The Morgan fingerprint density at radius 3 is 2.65 bits per heavy atom. The maximum absolute atomic E-state index is 11.9. The second-order valence-electron chi connectivity index (χ2n) is 4.98. The molecule has 0 saturated heterocycles. The lowest BCUT2D eigenvalue weighted by Crippen LogP contribution is -2.35. The summed E-state index contributed by atoms with van der Waals surface area (Å²) >= 11 is 6.00. The van der Waals surface area contributed by atoms with Gasteiger partial charge in [-0.25, -0.2) is 0 Å². The summed E-state index contributed by atoms with van der Waals surface area (Å²) in [5.41, 5.74) is 0.644. The number of hydrogen-bond donors (Lipinski definition) is 2. The van der Waals surface area contributed by atoms with Gasteiger partial charge in [-0.3, -0.25) is 4.79 Å². The first kappa shape index (κ1) is 17.0. The molecule has 4 nitrogen and oxygen atoms in total. The monoisotopic (exact) mass is 298 g/mol. The molecule has 0 aromatic heterocycles. The summed E-state index contributed by atoms with van der Waals surface area (Å²) in [7, 11) is 0. The van der Waals surface area contributed by atoms with Crippen LogP contribution in [0.2, 0.25) is 5.02 Å². The van der Waals surface area contributed by atoms with Gasteiger partial charge in [0.05, 0.1) is 10.7 Å².